The van der Waals surface area contributed by atoms with Gasteiger partial charge >= 0.3 is 0 Å². The van der Waals surface area contributed by atoms with Gasteiger partial charge in [0.25, 0.3) is 11.8 Å². The lowest BCUT2D eigenvalue weighted by Crippen LogP contribution is -2.45. The van der Waals surface area contributed by atoms with Gasteiger partial charge in [-0.1, -0.05) is 19.1 Å². The summed E-state index contributed by atoms with van der Waals surface area (Å²) in [5.74, 6) is -0.0676. The van der Waals surface area contributed by atoms with Gasteiger partial charge in [-0.05, 0) is 65.8 Å². The molecule has 1 N–H and O–H groups in total. The molecule has 3 heterocycles. The second-order valence-electron chi connectivity index (χ2n) is 8.81. The zero-order chi connectivity index (χ0) is 24.8. The Bertz CT molecular complexity index is 1240. The van der Waals surface area contributed by atoms with Gasteiger partial charge in [-0.3, -0.25) is 14.4 Å². The molecule has 0 radical (unpaired) electrons. The van der Waals surface area contributed by atoms with E-state index in [1.165, 1.54) is 6.20 Å². The summed E-state index contributed by atoms with van der Waals surface area (Å²) in [6.07, 6.45) is 6.89. The Morgan fingerprint density at radius 1 is 1.14 bits per heavy atom. The van der Waals surface area contributed by atoms with Crippen LogP contribution in [-0.2, 0) is 13.1 Å². The monoisotopic (exact) mass is 493 g/mol. The summed E-state index contributed by atoms with van der Waals surface area (Å²) in [6, 6.07) is 9.61. The lowest BCUT2D eigenvalue weighted by Gasteiger charge is -2.35. The number of likely N-dealkylation sites (tertiary alicyclic amines) is 1. The van der Waals surface area contributed by atoms with Crippen LogP contribution in [0.25, 0.3) is 0 Å². The second-order valence-corrected chi connectivity index (χ2v) is 9.59. The van der Waals surface area contributed by atoms with Crippen LogP contribution < -0.4 is 15.5 Å². The van der Waals surface area contributed by atoms with Gasteiger partial charge in [0, 0.05) is 38.1 Å². The number of methoxy groups -OCH3 is 1. The van der Waals surface area contributed by atoms with Crippen LogP contribution >= 0.6 is 11.3 Å². The van der Waals surface area contributed by atoms with Crippen molar-refractivity contribution in [3.63, 3.8) is 0 Å². The van der Waals surface area contributed by atoms with Crippen LogP contribution in [0.1, 0.15) is 64.4 Å². The zero-order valence-electron chi connectivity index (χ0n) is 20.2. The average Bonchev–Trinajstić information content (AvgIpc) is 3.41. The number of rotatable bonds is 8. The summed E-state index contributed by atoms with van der Waals surface area (Å²) in [6.45, 7) is 3.40. The molecule has 35 heavy (non-hydrogen) atoms. The Morgan fingerprint density at radius 3 is 2.71 bits per heavy atom. The van der Waals surface area contributed by atoms with Crippen molar-refractivity contribution in [2.45, 2.75) is 51.7 Å². The van der Waals surface area contributed by atoms with E-state index in [1.54, 1.807) is 29.2 Å². The van der Waals surface area contributed by atoms with Crippen molar-refractivity contribution in [2.24, 2.45) is 0 Å². The second kappa shape index (κ2) is 11.4. The third-order valence-corrected chi connectivity index (χ3v) is 7.18. The van der Waals surface area contributed by atoms with Crippen molar-refractivity contribution in [1.29, 1.82) is 0 Å². The number of ether oxygens (including phenoxy) is 1. The zero-order valence-corrected chi connectivity index (χ0v) is 21.0. The first-order chi connectivity index (χ1) is 17.0. The minimum Gasteiger partial charge on any atom is -0.497 e. The standard InChI is InChI=1S/C27H31N3O4S/c1-3-21-8-4-5-11-30(21)27(33)24-17-29(15-19-7-6-9-22(13-19)34-2)16-23(25(24)31)26(32)28-14-20-10-12-35-18-20/h6-7,9-10,12-13,16-18,21H,3-5,8,11,14-15H2,1-2H3,(H,28,32)/t21-/m1/s1. The molecule has 0 unspecified atom stereocenters. The van der Waals surface area contributed by atoms with Gasteiger partial charge in [-0.2, -0.15) is 11.3 Å². The number of hydrogen-bond acceptors (Lipinski definition) is 5. The van der Waals surface area contributed by atoms with Crippen molar-refractivity contribution in [3.8, 4) is 5.75 Å². The van der Waals surface area contributed by atoms with Crippen molar-refractivity contribution in [3.05, 3.63) is 86.0 Å². The molecule has 7 nitrogen and oxygen atoms in total. The molecule has 1 aliphatic rings. The molecule has 1 fully saturated rings. The topological polar surface area (TPSA) is 80.6 Å². The van der Waals surface area contributed by atoms with Crippen LogP contribution in [0.3, 0.4) is 0 Å². The summed E-state index contributed by atoms with van der Waals surface area (Å²) in [7, 11) is 1.61. The molecule has 0 spiro atoms. The molecule has 8 heteroatoms. The maximum atomic E-state index is 13.6. The first-order valence-electron chi connectivity index (χ1n) is 12.0. The highest BCUT2D eigenvalue weighted by Gasteiger charge is 2.29. The van der Waals surface area contributed by atoms with Crippen molar-refractivity contribution >= 4 is 23.2 Å². The molecular formula is C27H31N3O4S. The van der Waals surface area contributed by atoms with Crippen LogP contribution in [0, 0.1) is 0 Å². The minimum absolute atomic E-state index is 0.0287. The van der Waals surface area contributed by atoms with Gasteiger partial charge < -0.3 is 19.5 Å². The fourth-order valence-corrected chi connectivity index (χ4v) is 5.20. The fourth-order valence-electron chi connectivity index (χ4n) is 4.54. The Hall–Kier alpha value is -3.39. The molecule has 0 bridgehead atoms. The number of carbonyl (C=O) groups is 2. The third kappa shape index (κ3) is 5.82. The summed E-state index contributed by atoms with van der Waals surface area (Å²) in [5, 5.41) is 6.71. The normalized spacial score (nSPS) is 15.6. The van der Waals surface area contributed by atoms with E-state index in [-0.39, 0.29) is 23.1 Å². The predicted molar refractivity (Wildman–Crippen MR) is 137 cm³/mol. The van der Waals surface area contributed by atoms with Gasteiger partial charge in [-0.25, -0.2) is 0 Å². The number of hydrogen-bond donors (Lipinski definition) is 1. The number of piperidine rings is 1. The maximum Gasteiger partial charge on any atom is 0.259 e. The molecule has 1 aliphatic heterocycles. The minimum atomic E-state index is -0.528. The van der Waals surface area contributed by atoms with Crippen LogP contribution in [-0.4, -0.2) is 41.0 Å². The number of thiophene rings is 1. The number of nitrogens with zero attached hydrogens (tertiary/aromatic N) is 2. The number of carbonyl (C=O) groups excluding carboxylic acids is 2. The lowest BCUT2D eigenvalue weighted by atomic mass is 9.98. The molecule has 0 saturated carbocycles. The Balaban J connectivity index is 1.69. The van der Waals surface area contributed by atoms with E-state index in [1.807, 2.05) is 46.0 Å². The molecule has 184 valence electrons. The largest absolute Gasteiger partial charge is 0.497 e. The quantitative estimate of drug-likeness (QED) is 0.507. The summed E-state index contributed by atoms with van der Waals surface area (Å²) in [4.78, 5) is 41.9. The van der Waals surface area contributed by atoms with E-state index in [0.29, 0.717) is 25.4 Å². The Labute approximate surface area is 209 Å². The molecule has 3 aromatic rings. The molecular weight excluding hydrogens is 462 g/mol. The van der Waals surface area contributed by atoms with Crippen LogP contribution in [0.4, 0.5) is 0 Å². The highest BCUT2D eigenvalue weighted by molar-refractivity contribution is 7.07. The number of amides is 2. The molecule has 0 aliphatic carbocycles. The maximum absolute atomic E-state index is 13.6. The highest BCUT2D eigenvalue weighted by atomic mass is 32.1. The third-order valence-electron chi connectivity index (χ3n) is 6.45. The first-order valence-corrected chi connectivity index (χ1v) is 12.9. The van der Waals surface area contributed by atoms with E-state index < -0.39 is 11.3 Å². The van der Waals surface area contributed by atoms with Gasteiger partial charge in [0.2, 0.25) is 5.43 Å². The van der Waals surface area contributed by atoms with Crippen LogP contribution in [0.15, 0.2) is 58.3 Å². The van der Waals surface area contributed by atoms with Gasteiger partial charge in [0.15, 0.2) is 0 Å². The Kier molecular flexibility index (Phi) is 8.02. The van der Waals surface area contributed by atoms with Crippen LogP contribution in [0.5, 0.6) is 5.75 Å². The highest BCUT2D eigenvalue weighted by Crippen LogP contribution is 2.21. The number of aromatic nitrogens is 1. The number of benzene rings is 1. The van der Waals surface area contributed by atoms with Gasteiger partial charge in [0.05, 0.1) is 7.11 Å². The molecule has 4 rings (SSSR count). The van der Waals surface area contributed by atoms with Gasteiger partial charge in [-0.15, -0.1) is 0 Å². The van der Waals surface area contributed by atoms with Crippen molar-refractivity contribution < 1.29 is 14.3 Å². The van der Waals surface area contributed by atoms with E-state index in [0.717, 1.165) is 36.8 Å². The molecule has 1 saturated heterocycles. The summed E-state index contributed by atoms with van der Waals surface area (Å²) in [5.41, 5.74) is 1.38. The predicted octanol–water partition coefficient (Wildman–Crippen LogP) is 4.30. The van der Waals surface area contributed by atoms with E-state index >= 15 is 0 Å². The lowest BCUT2D eigenvalue weighted by molar-refractivity contribution is 0.0605. The van der Waals surface area contributed by atoms with E-state index in [9.17, 15) is 14.4 Å². The number of pyridine rings is 1. The van der Waals surface area contributed by atoms with E-state index in [2.05, 4.69) is 12.2 Å². The molecule has 2 aromatic heterocycles. The number of nitrogens with one attached hydrogen (secondary N) is 1. The van der Waals surface area contributed by atoms with Crippen molar-refractivity contribution in [2.75, 3.05) is 13.7 Å². The van der Waals surface area contributed by atoms with E-state index in [4.69, 9.17) is 4.74 Å². The Morgan fingerprint density at radius 2 is 1.97 bits per heavy atom. The average molecular weight is 494 g/mol. The fraction of sp³-hybridized carbons (Fsp3) is 0.370. The SMILES string of the molecule is CC[C@@H]1CCCCN1C(=O)c1cn(Cc2cccc(OC)c2)cc(C(=O)NCc2ccsc2)c1=O. The van der Waals surface area contributed by atoms with Crippen molar-refractivity contribution in [1.82, 2.24) is 14.8 Å². The molecule has 1 atom stereocenters. The first kappa shape index (κ1) is 24.7. The smallest absolute Gasteiger partial charge is 0.259 e. The summed E-state index contributed by atoms with van der Waals surface area (Å²) < 4.78 is 7.07. The molecule has 1 aromatic carbocycles. The molecule has 2 amide bonds. The summed E-state index contributed by atoms with van der Waals surface area (Å²) >= 11 is 1.54. The van der Waals surface area contributed by atoms with Gasteiger partial charge in [0.1, 0.15) is 16.9 Å². The van der Waals surface area contributed by atoms with Crippen LogP contribution in [0.2, 0.25) is 0 Å².